The maximum Gasteiger partial charge on any atom is 0.326 e. The van der Waals surface area contributed by atoms with Gasteiger partial charge in [-0.3, -0.25) is 9.89 Å². The summed E-state index contributed by atoms with van der Waals surface area (Å²) in [5.41, 5.74) is 2.23. The first-order valence-corrected chi connectivity index (χ1v) is 7.15. The zero-order chi connectivity index (χ0) is 16.4. The maximum absolute atomic E-state index is 12.5. The van der Waals surface area contributed by atoms with Crippen LogP contribution in [-0.2, 0) is 4.79 Å². The van der Waals surface area contributed by atoms with E-state index in [2.05, 4.69) is 20.5 Å². The number of carboxylic acid groups (broad SMARTS) is 1. The van der Waals surface area contributed by atoms with Gasteiger partial charge in [-0.25, -0.2) is 9.78 Å². The van der Waals surface area contributed by atoms with Gasteiger partial charge >= 0.3 is 5.97 Å². The number of rotatable bonds is 5. The molecule has 0 aromatic carbocycles. The highest BCUT2D eigenvalue weighted by Crippen LogP contribution is 2.20. The van der Waals surface area contributed by atoms with E-state index in [0.717, 1.165) is 5.69 Å². The first-order chi connectivity index (χ1) is 10.3. The summed E-state index contributed by atoms with van der Waals surface area (Å²) in [5, 5.41) is 19.3. The molecule has 1 atom stereocenters. The molecular weight excluding hydrogens is 284 g/mol. The maximum atomic E-state index is 12.5. The van der Waals surface area contributed by atoms with Crippen molar-refractivity contribution in [2.24, 2.45) is 5.92 Å². The second kappa shape index (κ2) is 6.13. The second-order valence-electron chi connectivity index (χ2n) is 5.85. The number of hydrogen-bond acceptors (Lipinski definition) is 4. The zero-order valence-corrected chi connectivity index (χ0v) is 13.1. The average molecular weight is 304 g/mol. The minimum absolute atomic E-state index is 0.163. The van der Waals surface area contributed by atoms with Crippen LogP contribution in [0.3, 0.4) is 0 Å². The number of nitrogens with one attached hydrogen (secondary N) is 2. The standard InChI is InChI=1S/C15H20N4O3/c1-7(2)5-11(15(21)22)17-14(20)10-6-8(3)16-13-12(10)9(4)18-19-13/h6-7,11H,5H2,1-4H3,(H,17,20)(H,21,22)(H,16,18,19)/t11-/m1/s1. The monoisotopic (exact) mass is 304 g/mol. The topological polar surface area (TPSA) is 108 Å². The van der Waals surface area contributed by atoms with Crippen LogP contribution in [0.2, 0.25) is 0 Å². The lowest BCUT2D eigenvalue weighted by atomic mass is 10.0. The molecule has 2 heterocycles. The van der Waals surface area contributed by atoms with Crippen LogP contribution in [0.1, 0.15) is 42.0 Å². The second-order valence-corrected chi connectivity index (χ2v) is 5.85. The van der Waals surface area contributed by atoms with Gasteiger partial charge < -0.3 is 10.4 Å². The Morgan fingerprint density at radius 3 is 2.64 bits per heavy atom. The Labute approximate surface area is 128 Å². The molecule has 0 saturated carbocycles. The Morgan fingerprint density at radius 1 is 1.36 bits per heavy atom. The number of carboxylic acids is 1. The van der Waals surface area contributed by atoms with E-state index in [4.69, 9.17) is 0 Å². The van der Waals surface area contributed by atoms with Gasteiger partial charge in [-0.1, -0.05) is 13.8 Å². The highest BCUT2D eigenvalue weighted by molar-refractivity contribution is 6.07. The molecule has 0 aliphatic heterocycles. The van der Waals surface area contributed by atoms with Crippen LogP contribution < -0.4 is 5.32 Å². The quantitative estimate of drug-likeness (QED) is 0.780. The molecule has 2 rings (SSSR count). The van der Waals surface area contributed by atoms with Crippen LogP contribution in [0.4, 0.5) is 0 Å². The van der Waals surface area contributed by atoms with E-state index in [9.17, 15) is 14.7 Å². The summed E-state index contributed by atoms with van der Waals surface area (Å²) in [6, 6.07) is 0.734. The summed E-state index contributed by atoms with van der Waals surface area (Å²) < 4.78 is 0. The van der Waals surface area contributed by atoms with Crippen molar-refractivity contribution in [3.05, 3.63) is 23.0 Å². The summed E-state index contributed by atoms with van der Waals surface area (Å²) in [5.74, 6) is -1.29. The highest BCUT2D eigenvalue weighted by Gasteiger charge is 2.24. The van der Waals surface area contributed by atoms with E-state index in [1.54, 1.807) is 19.9 Å². The number of carbonyl (C=O) groups excluding carboxylic acids is 1. The number of aryl methyl sites for hydroxylation is 2. The molecule has 0 fully saturated rings. The van der Waals surface area contributed by atoms with E-state index in [-0.39, 0.29) is 5.92 Å². The van der Waals surface area contributed by atoms with Crippen molar-refractivity contribution in [1.29, 1.82) is 0 Å². The minimum atomic E-state index is -1.03. The summed E-state index contributed by atoms with van der Waals surface area (Å²) in [4.78, 5) is 28.1. The number of fused-ring (bicyclic) bond motifs is 1. The molecule has 0 unspecified atom stereocenters. The number of amides is 1. The molecule has 0 spiro atoms. The summed E-state index contributed by atoms with van der Waals surface area (Å²) in [6.07, 6.45) is 0.374. The van der Waals surface area contributed by atoms with Gasteiger partial charge in [0.25, 0.3) is 5.91 Å². The Morgan fingerprint density at radius 2 is 2.05 bits per heavy atom. The van der Waals surface area contributed by atoms with Gasteiger partial charge in [0.2, 0.25) is 0 Å². The molecule has 2 aromatic heterocycles. The molecule has 7 heteroatoms. The van der Waals surface area contributed by atoms with Crippen LogP contribution in [0.5, 0.6) is 0 Å². The van der Waals surface area contributed by atoms with Gasteiger partial charge in [0.15, 0.2) is 5.65 Å². The van der Waals surface area contributed by atoms with Crippen LogP contribution in [0.15, 0.2) is 6.07 Å². The lowest BCUT2D eigenvalue weighted by Gasteiger charge is -2.17. The van der Waals surface area contributed by atoms with Gasteiger partial charge in [-0.05, 0) is 32.3 Å². The first-order valence-electron chi connectivity index (χ1n) is 7.15. The van der Waals surface area contributed by atoms with Crippen LogP contribution in [0.25, 0.3) is 11.0 Å². The molecule has 22 heavy (non-hydrogen) atoms. The Hall–Kier alpha value is -2.44. The summed E-state index contributed by atoms with van der Waals surface area (Å²) >= 11 is 0. The Bertz CT molecular complexity index is 721. The largest absolute Gasteiger partial charge is 0.480 e. The predicted molar refractivity (Wildman–Crippen MR) is 81.7 cm³/mol. The molecule has 0 saturated heterocycles. The third kappa shape index (κ3) is 3.24. The Kier molecular flexibility index (Phi) is 4.44. The molecule has 0 radical (unpaired) electrons. The first kappa shape index (κ1) is 15.9. The van der Waals surface area contributed by atoms with Gasteiger partial charge in [0.1, 0.15) is 6.04 Å². The Balaban J connectivity index is 2.36. The number of aliphatic carboxylic acids is 1. The summed E-state index contributed by atoms with van der Waals surface area (Å²) in [6.45, 7) is 7.39. The third-order valence-electron chi connectivity index (χ3n) is 3.39. The van der Waals surface area contributed by atoms with E-state index >= 15 is 0 Å². The molecule has 7 nitrogen and oxygen atoms in total. The number of pyridine rings is 1. The summed E-state index contributed by atoms with van der Waals surface area (Å²) in [7, 11) is 0. The molecule has 1 amide bonds. The number of carbonyl (C=O) groups is 2. The van der Waals surface area contributed by atoms with Crippen molar-refractivity contribution in [2.75, 3.05) is 0 Å². The fourth-order valence-electron chi connectivity index (χ4n) is 2.41. The fraction of sp³-hybridized carbons (Fsp3) is 0.467. The molecule has 3 N–H and O–H groups in total. The average Bonchev–Trinajstić information content (AvgIpc) is 2.77. The molecular formula is C15H20N4O3. The molecule has 0 bridgehead atoms. The molecule has 2 aromatic rings. The molecule has 0 aliphatic rings. The molecule has 0 aliphatic carbocycles. The van der Waals surface area contributed by atoms with Gasteiger partial charge in [-0.2, -0.15) is 5.10 Å². The lowest BCUT2D eigenvalue weighted by Crippen LogP contribution is -2.41. The van der Waals surface area contributed by atoms with Crippen molar-refractivity contribution >= 4 is 22.9 Å². The number of H-pyrrole nitrogens is 1. The van der Waals surface area contributed by atoms with Gasteiger partial charge in [0.05, 0.1) is 10.9 Å². The predicted octanol–water partition coefficient (Wildman–Crippen LogP) is 1.80. The zero-order valence-electron chi connectivity index (χ0n) is 13.1. The smallest absolute Gasteiger partial charge is 0.326 e. The van der Waals surface area contributed by atoms with Crippen molar-refractivity contribution in [1.82, 2.24) is 20.5 Å². The van der Waals surface area contributed by atoms with Crippen molar-refractivity contribution in [3.63, 3.8) is 0 Å². The van der Waals surface area contributed by atoms with Crippen LogP contribution >= 0.6 is 0 Å². The van der Waals surface area contributed by atoms with Crippen LogP contribution in [0, 0.1) is 19.8 Å². The van der Waals surface area contributed by atoms with E-state index in [1.165, 1.54) is 0 Å². The van der Waals surface area contributed by atoms with Crippen molar-refractivity contribution < 1.29 is 14.7 Å². The van der Waals surface area contributed by atoms with E-state index < -0.39 is 17.9 Å². The number of aromatic amines is 1. The van der Waals surface area contributed by atoms with E-state index in [1.807, 2.05) is 13.8 Å². The van der Waals surface area contributed by atoms with Crippen molar-refractivity contribution in [3.8, 4) is 0 Å². The van der Waals surface area contributed by atoms with Gasteiger partial charge in [0, 0.05) is 11.4 Å². The number of aromatic nitrogens is 3. The van der Waals surface area contributed by atoms with Gasteiger partial charge in [-0.15, -0.1) is 0 Å². The normalized spacial score (nSPS) is 12.6. The molecule has 118 valence electrons. The third-order valence-corrected chi connectivity index (χ3v) is 3.39. The van der Waals surface area contributed by atoms with Crippen LogP contribution in [-0.4, -0.2) is 38.2 Å². The van der Waals surface area contributed by atoms with E-state index in [0.29, 0.717) is 28.7 Å². The number of nitrogens with zero attached hydrogens (tertiary/aromatic N) is 2. The fourth-order valence-corrected chi connectivity index (χ4v) is 2.41. The van der Waals surface area contributed by atoms with Crippen molar-refractivity contribution in [2.45, 2.75) is 40.2 Å². The highest BCUT2D eigenvalue weighted by atomic mass is 16.4. The lowest BCUT2D eigenvalue weighted by molar-refractivity contribution is -0.139. The SMILES string of the molecule is Cc1cc(C(=O)N[C@H](CC(C)C)C(=O)O)c2c(C)[nH]nc2n1. The minimum Gasteiger partial charge on any atom is -0.480 e. The number of hydrogen-bond donors (Lipinski definition) is 3.